The number of carbonyl (C=O) groups excluding carboxylic acids is 1. The molecule has 2 heterocycles. The summed E-state index contributed by atoms with van der Waals surface area (Å²) in [7, 11) is 0. The van der Waals surface area contributed by atoms with Crippen LogP contribution in [0, 0.1) is 5.41 Å². The van der Waals surface area contributed by atoms with Crippen LogP contribution in [0.5, 0.6) is 0 Å². The highest BCUT2D eigenvalue weighted by atomic mass is 16.4. The van der Waals surface area contributed by atoms with E-state index in [-0.39, 0.29) is 23.2 Å². The SMILES string of the molecule is CCC(C(=O)N1CCCC(c2nnc(CC(C)(C)C)o2)C1)c1ccccc1. The molecule has 2 atom stereocenters. The van der Waals surface area contributed by atoms with Crippen LogP contribution in [0.2, 0.25) is 0 Å². The van der Waals surface area contributed by atoms with Crippen molar-refractivity contribution < 1.29 is 9.21 Å². The Morgan fingerprint density at radius 3 is 2.67 bits per heavy atom. The quantitative estimate of drug-likeness (QED) is 0.775. The molecule has 1 aliphatic rings. The van der Waals surface area contributed by atoms with Gasteiger partial charge in [-0.25, -0.2) is 0 Å². The Hall–Kier alpha value is -2.17. The molecule has 0 aliphatic carbocycles. The van der Waals surface area contributed by atoms with E-state index in [0.717, 1.165) is 37.8 Å². The molecule has 5 heteroatoms. The Balaban J connectivity index is 1.69. The Labute approximate surface area is 162 Å². The van der Waals surface area contributed by atoms with E-state index >= 15 is 0 Å². The maximum Gasteiger partial charge on any atom is 0.230 e. The number of hydrogen-bond acceptors (Lipinski definition) is 4. The minimum absolute atomic E-state index is 0.0795. The number of likely N-dealkylation sites (tertiary alicyclic amines) is 1. The zero-order valence-electron chi connectivity index (χ0n) is 16.9. The molecule has 1 aromatic carbocycles. The third-order valence-electron chi connectivity index (χ3n) is 5.15. The molecule has 1 saturated heterocycles. The van der Waals surface area contributed by atoms with Crippen LogP contribution < -0.4 is 0 Å². The number of rotatable bonds is 5. The van der Waals surface area contributed by atoms with E-state index in [1.54, 1.807) is 0 Å². The van der Waals surface area contributed by atoms with Gasteiger partial charge in [0.15, 0.2) is 0 Å². The molecule has 0 radical (unpaired) electrons. The van der Waals surface area contributed by atoms with Crippen LogP contribution in [-0.4, -0.2) is 34.1 Å². The molecule has 146 valence electrons. The number of amides is 1. The van der Waals surface area contributed by atoms with Crippen molar-refractivity contribution >= 4 is 5.91 Å². The van der Waals surface area contributed by atoms with Gasteiger partial charge < -0.3 is 9.32 Å². The average molecular weight is 370 g/mol. The molecule has 2 aromatic rings. The number of hydrogen-bond donors (Lipinski definition) is 0. The van der Waals surface area contributed by atoms with Crippen molar-refractivity contribution in [2.45, 2.75) is 65.2 Å². The molecule has 1 aliphatic heterocycles. The topological polar surface area (TPSA) is 59.2 Å². The van der Waals surface area contributed by atoms with Crippen molar-refractivity contribution in [1.82, 2.24) is 15.1 Å². The summed E-state index contributed by atoms with van der Waals surface area (Å²) in [5, 5.41) is 8.51. The highest BCUT2D eigenvalue weighted by molar-refractivity contribution is 5.83. The fraction of sp³-hybridized carbons (Fsp3) is 0.591. The molecule has 2 unspecified atom stereocenters. The first-order valence-electron chi connectivity index (χ1n) is 10.0. The number of piperidine rings is 1. The van der Waals surface area contributed by atoms with E-state index < -0.39 is 0 Å². The molecule has 0 N–H and O–H groups in total. The maximum atomic E-state index is 13.2. The second-order valence-corrected chi connectivity index (χ2v) is 8.77. The van der Waals surface area contributed by atoms with E-state index in [1.807, 2.05) is 35.2 Å². The average Bonchev–Trinajstić information content (AvgIpc) is 3.10. The Morgan fingerprint density at radius 1 is 1.26 bits per heavy atom. The lowest BCUT2D eigenvalue weighted by Gasteiger charge is -2.33. The van der Waals surface area contributed by atoms with Gasteiger partial charge in [-0.2, -0.15) is 0 Å². The van der Waals surface area contributed by atoms with Gasteiger partial charge in [-0.1, -0.05) is 58.0 Å². The second kappa shape index (κ2) is 8.24. The van der Waals surface area contributed by atoms with E-state index in [2.05, 4.69) is 37.9 Å². The smallest absolute Gasteiger partial charge is 0.230 e. The largest absolute Gasteiger partial charge is 0.425 e. The summed E-state index contributed by atoms with van der Waals surface area (Å²) >= 11 is 0. The molecule has 1 fully saturated rings. The molecule has 1 aromatic heterocycles. The number of benzene rings is 1. The predicted octanol–water partition coefficient (Wildman–Crippen LogP) is 4.56. The number of aromatic nitrogens is 2. The van der Waals surface area contributed by atoms with Crippen molar-refractivity contribution in [3.8, 4) is 0 Å². The molecule has 5 nitrogen and oxygen atoms in total. The minimum atomic E-state index is -0.0795. The van der Waals surface area contributed by atoms with Gasteiger partial charge in [0.2, 0.25) is 17.7 Å². The zero-order valence-corrected chi connectivity index (χ0v) is 16.9. The van der Waals surface area contributed by atoms with E-state index in [1.165, 1.54) is 0 Å². The molecule has 1 amide bonds. The number of carbonyl (C=O) groups is 1. The highest BCUT2D eigenvalue weighted by Crippen LogP contribution is 2.30. The lowest BCUT2D eigenvalue weighted by Crippen LogP contribution is -2.41. The van der Waals surface area contributed by atoms with Crippen LogP contribution in [-0.2, 0) is 11.2 Å². The second-order valence-electron chi connectivity index (χ2n) is 8.77. The van der Waals surface area contributed by atoms with Crippen LogP contribution >= 0.6 is 0 Å². The summed E-state index contributed by atoms with van der Waals surface area (Å²) in [6, 6.07) is 10.1. The minimum Gasteiger partial charge on any atom is -0.425 e. The third kappa shape index (κ3) is 4.96. The molecule has 27 heavy (non-hydrogen) atoms. The summed E-state index contributed by atoms with van der Waals surface area (Å²) in [5.41, 5.74) is 1.21. The molecular weight excluding hydrogens is 338 g/mol. The first kappa shape index (κ1) is 19.6. The first-order chi connectivity index (χ1) is 12.9. The standard InChI is InChI=1S/C22H31N3O2/c1-5-18(16-10-7-6-8-11-16)21(26)25-13-9-12-17(15-25)20-24-23-19(27-20)14-22(2,3)4/h6-8,10-11,17-18H,5,9,12-15H2,1-4H3. The lowest BCUT2D eigenvalue weighted by atomic mass is 9.92. The third-order valence-corrected chi connectivity index (χ3v) is 5.15. The normalized spacial score (nSPS) is 19.1. The summed E-state index contributed by atoms with van der Waals surface area (Å²) in [6.45, 7) is 10.0. The zero-order chi connectivity index (χ0) is 19.4. The van der Waals surface area contributed by atoms with Gasteiger partial charge in [0, 0.05) is 19.5 Å². The van der Waals surface area contributed by atoms with Crippen LogP contribution in [0.25, 0.3) is 0 Å². The fourth-order valence-electron chi connectivity index (χ4n) is 3.79. The molecule has 0 saturated carbocycles. The molecule has 0 spiro atoms. The van der Waals surface area contributed by atoms with Crippen LogP contribution in [0.1, 0.15) is 76.1 Å². The summed E-state index contributed by atoms with van der Waals surface area (Å²) in [6.07, 6.45) is 3.53. The van der Waals surface area contributed by atoms with Gasteiger partial charge in [0.05, 0.1) is 11.8 Å². The van der Waals surface area contributed by atoms with Gasteiger partial charge in [0.1, 0.15) is 0 Å². The van der Waals surface area contributed by atoms with Crippen molar-refractivity contribution in [1.29, 1.82) is 0 Å². The molecule has 0 bridgehead atoms. The Kier molecular flexibility index (Phi) is 5.98. The molecule has 3 rings (SSSR count). The summed E-state index contributed by atoms with van der Waals surface area (Å²) in [5.74, 6) is 1.64. The monoisotopic (exact) mass is 369 g/mol. The van der Waals surface area contributed by atoms with E-state index in [0.29, 0.717) is 18.3 Å². The summed E-state index contributed by atoms with van der Waals surface area (Å²) in [4.78, 5) is 15.1. The van der Waals surface area contributed by atoms with Crippen molar-refractivity contribution in [3.05, 3.63) is 47.7 Å². The van der Waals surface area contributed by atoms with E-state index in [9.17, 15) is 4.79 Å². The van der Waals surface area contributed by atoms with Crippen LogP contribution in [0.3, 0.4) is 0 Å². The Bertz CT molecular complexity index is 748. The van der Waals surface area contributed by atoms with Gasteiger partial charge in [-0.15, -0.1) is 10.2 Å². The van der Waals surface area contributed by atoms with Gasteiger partial charge >= 0.3 is 0 Å². The lowest BCUT2D eigenvalue weighted by molar-refractivity contribution is -0.134. The number of nitrogens with zero attached hydrogens (tertiary/aromatic N) is 3. The predicted molar refractivity (Wildman–Crippen MR) is 105 cm³/mol. The van der Waals surface area contributed by atoms with Gasteiger partial charge in [0.25, 0.3) is 0 Å². The first-order valence-corrected chi connectivity index (χ1v) is 10.0. The molecular formula is C22H31N3O2. The maximum absolute atomic E-state index is 13.2. The Morgan fingerprint density at radius 2 is 2.00 bits per heavy atom. The fourth-order valence-corrected chi connectivity index (χ4v) is 3.79. The van der Waals surface area contributed by atoms with Crippen LogP contribution in [0.4, 0.5) is 0 Å². The van der Waals surface area contributed by atoms with Gasteiger partial charge in [-0.05, 0) is 30.2 Å². The van der Waals surface area contributed by atoms with Crippen molar-refractivity contribution in [3.63, 3.8) is 0 Å². The van der Waals surface area contributed by atoms with Crippen molar-refractivity contribution in [2.75, 3.05) is 13.1 Å². The van der Waals surface area contributed by atoms with Crippen molar-refractivity contribution in [2.24, 2.45) is 5.41 Å². The highest BCUT2D eigenvalue weighted by Gasteiger charge is 2.32. The van der Waals surface area contributed by atoms with Gasteiger partial charge in [-0.3, -0.25) is 4.79 Å². The van der Waals surface area contributed by atoms with E-state index in [4.69, 9.17) is 4.42 Å². The summed E-state index contributed by atoms with van der Waals surface area (Å²) < 4.78 is 5.94. The van der Waals surface area contributed by atoms with Crippen LogP contribution in [0.15, 0.2) is 34.7 Å².